The molecule has 1 aromatic heterocycles. The van der Waals surface area contributed by atoms with Gasteiger partial charge in [-0.25, -0.2) is 13.4 Å². The van der Waals surface area contributed by atoms with Crippen LogP contribution in [0.4, 0.5) is 5.13 Å². The highest BCUT2D eigenvalue weighted by atomic mass is 32.2. The summed E-state index contributed by atoms with van der Waals surface area (Å²) in [5, 5.41) is 3.68. The number of ether oxygens (including phenoxy) is 2. The van der Waals surface area contributed by atoms with Gasteiger partial charge in [0.25, 0.3) is 0 Å². The number of carbonyl (C=O) groups excluding carboxylic acids is 1. The normalized spacial score (nSPS) is 15.2. The highest BCUT2D eigenvalue weighted by Crippen LogP contribution is 2.29. The number of ketones is 1. The number of thiazole rings is 1. The van der Waals surface area contributed by atoms with Gasteiger partial charge in [0, 0.05) is 18.7 Å². The predicted molar refractivity (Wildman–Crippen MR) is 115 cm³/mol. The molecule has 1 N–H and O–H groups in total. The molecule has 1 aliphatic heterocycles. The maximum atomic E-state index is 12.7. The number of Topliss-reactive ketones (excluding diaryl/α,β-unsaturated/α-hetero) is 1. The van der Waals surface area contributed by atoms with Crippen molar-refractivity contribution >= 4 is 42.5 Å². The van der Waals surface area contributed by atoms with Crippen LogP contribution >= 0.6 is 11.3 Å². The van der Waals surface area contributed by atoms with Gasteiger partial charge >= 0.3 is 0 Å². The van der Waals surface area contributed by atoms with Gasteiger partial charge in [-0.2, -0.15) is 4.31 Å². The zero-order valence-electron chi connectivity index (χ0n) is 16.3. The van der Waals surface area contributed by atoms with E-state index in [9.17, 15) is 13.2 Å². The second-order valence-corrected chi connectivity index (χ2v) is 9.64. The fourth-order valence-electron chi connectivity index (χ4n) is 3.11. The van der Waals surface area contributed by atoms with Crippen molar-refractivity contribution in [2.75, 3.05) is 45.3 Å². The molecular weight excluding hydrogens is 426 g/mol. The van der Waals surface area contributed by atoms with Crippen LogP contribution in [-0.2, 0) is 14.8 Å². The van der Waals surface area contributed by atoms with E-state index >= 15 is 0 Å². The molecule has 0 aliphatic carbocycles. The number of anilines is 1. The third-order valence-electron chi connectivity index (χ3n) is 4.78. The lowest BCUT2D eigenvalue weighted by Crippen LogP contribution is -2.40. The molecule has 8 nitrogen and oxygen atoms in total. The molecule has 30 heavy (non-hydrogen) atoms. The number of hydrogen-bond acceptors (Lipinski definition) is 8. The Bertz CT molecular complexity index is 1150. The Morgan fingerprint density at radius 2 is 1.93 bits per heavy atom. The standard InChI is InChI=1S/C20H21N3O5S2/c1-27-15-4-7-17-19(12-15)29-20(22-17)21-13-18(24)14-2-5-16(6-3-14)30(25,26)23-8-10-28-11-9-23/h2-7,12H,8-11,13H2,1H3,(H,21,22). The smallest absolute Gasteiger partial charge is 0.243 e. The van der Waals surface area contributed by atoms with Crippen LogP contribution in [0.15, 0.2) is 47.4 Å². The summed E-state index contributed by atoms with van der Waals surface area (Å²) in [5.41, 5.74) is 1.26. The summed E-state index contributed by atoms with van der Waals surface area (Å²) in [6.45, 7) is 1.51. The summed E-state index contributed by atoms with van der Waals surface area (Å²) >= 11 is 1.44. The number of nitrogens with zero attached hydrogens (tertiary/aromatic N) is 2. The van der Waals surface area contributed by atoms with Crippen LogP contribution in [0.2, 0.25) is 0 Å². The Morgan fingerprint density at radius 1 is 1.20 bits per heavy atom. The molecule has 0 saturated carbocycles. The van der Waals surface area contributed by atoms with E-state index in [4.69, 9.17) is 9.47 Å². The van der Waals surface area contributed by atoms with Crippen molar-refractivity contribution in [3.63, 3.8) is 0 Å². The lowest BCUT2D eigenvalue weighted by atomic mass is 10.1. The predicted octanol–water partition coefficient (Wildman–Crippen LogP) is 2.62. The monoisotopic (exact) mass is 447 g/mol. The van der Waals surface area contributed by atoms with Crippen LogP contribution < -0.4 is 10.1 Å². The van der Waals surface area contributed by atoms with Gasteiger partial charge in [-0.3, -0.25) is 4.79 Å². The molecule has 158 valence electrons. The maximum absolute atomic E-state index is 12.7. The SMILES string of the molecule is COc1ccc2nc(NCC(=O)c3ccc(S(=O)(=O)N4CCOCC4)cc3)sc2c1. The first-order chi connectivity index (χ1) is 14.5. The number of aromatic nitrogens is 1. The van der Waals surface area contributed by atoms with Gasteiger partial charge in [0.05, 0.1) is 42.0 Å². The summed E-state index contributed by atoms with van der Waals surface area (Å²) < 4.78 is 38.1. The number of morpholine rings is 1. The van der Waals surface area contributed by atoms with Crippen LogP contribution in [0, 0.1) is 0 Å². The van der Waals surface area contributed by atoms with Crippen molar-refractivity contribution in [2.24, 2.45) is 0 Å². The molecule has 1 saturated heterocycles. The summed E-state index contributed by atoms with van der Waals surface area (Å²) in [6.07, 6.45) is 0. The Morgan fingerprint density at radius 3 is 2.63 bits per heavy atom. The van der Waals surface area contributed by atoms with Crippen LogP contribution in [0.1, 0.15) is 10.4 Å². The van der Waals surface area contributed by atoms with E-state index in [0.29, 0.717) is 37.0 Å². The van der Waals surface area contributed by atoms with Gasteiger partial charge in [-0.15, -0.1) is 0 Å². The van der Waals surface area contributed by atoms with Gasteiger partial charge in [0.2, 0.25) is 10.0 Å². The lowest BCUT2D eigenvalue weighted by molar-refractivity contribution is 0.0730. The Balaban J connectivity index is 1.41. The number of nitrogens with one attached hydrogen (secondary N) is 1. The van der Waals surface area contributed by atoms with E-state index in [2.05, 4.69) is 10.3 Å². The van der Waals surface area contributed by atoms with Crippen LogP contribution in [0.25, 0.3) is 10.2 Å². The van der Waals surface area contributed by atoms with Crippen molar-refractivity contribution in [1.82, 2.24) is 9.29 Å². The minimum Gasteiger partial charge on any atom is -0.497 e. The quantitative estimate of drug-likeness (QED) is 0.556. The topological polar surface area (TPSA) is 97.8 Å². The highest BCUT2D eigenvalue weighted by Gasteiger charge is 2.26. The first-order valence-corrected chi connectivity index (χ1v) is 11.6. The number of fused-ring (bicyclic) bond motifs is 1. The minimum atomic E-state index is -3.57. The minimum absolute atomic E-state index is 0.0620. The molecule has 1 aliphatic rings. The molecule has 2 heterocycles. The zero-order chi connectivity index (χ0) is 21.1. The fourth-order valence-corrected chi connectivity index (χ4v) is 5.41. The molecule has 0 bridgehead atoms. The number of rotatable bonds is 7. The lowest BCUT2D eigenvalue weighted by Gasteiger charge is -2.26. The van der Waals surface area contributed by atoms with E-state index in [1.807, 2.05) is 18.2 Å². The Hall–Kier alpha value is -2.53. The highest BCUT2D eigenvalue weighted by molar-refractivity contribution is 7.89. The first kappa shape index (κ1) is 20.7. The molecule has 0 atom stereocenters. The number of hydrogen-bond donors (Lipinski definition) is 1. The summed E-state index contributed by atoms with van der Waals surface area (Å²) in [4.78, 5) is 17.1. The van der Waals surface area contributed by atoms with Gasteiger partial charge in [0.1, 0.15) is 5.75 Å². The fraction of sp³-hybridized carbons (Fsp3) is 0.300. The molecule has 0 amide bonds. The average molecular weight is 448 g/mol. The van der Waals surface area contributed by atoms with Crippen molar-refractivity contribution in [3.8, 4) is 5.75 Å². The van der Waals surface area contributed by atoms with Crippen molar-refractivity contribution in [1.29, 1.82) is 0 Å². The van der Waals surface area contributed by atoms with E-state index < -0.39 is 10.0 Å². The van der Waals surface area contributed by atoms with Gasteiger partial charge in [-0.1, -0.05) is 11.3 Å². The Labute approximate surface area is 178 Å². The molecule has 10 heteroatoms. The van der Waals surface area contributed by atoms with E-state index in [1.54, 1.807) is 19.2 Å². The molecule has 0 spiro atoms. The zero-order valence-corrected chi connectivity index (χ0v) is 18.0. The molecule has 1 fully saturated rings. The number of sulfonamides is 1. The molecule has 2 aromatic carbocycles. The molecule has 4 rings (SSSR count). The van der Waals surface area contributed by atoms with Crippen molar-refractivity contribution in [2.45, 2.75) is 4.90 Å². The molecule has 0 radical (unpaired) electrons. The van der Waals surface area contributed by atoms with E-state index in [1.165, 1.54) is 27.8 Å². The number of carbonyl (C=O) groups is 1. The van der Waals surface area contributed by atoms with Crippen molar-refractivity contribution in [3.05, 3.63) is 48.0 Å². The second kappa shape index (κ2) is 8.68. The van der Waals surface area contributed by atoms with Crippen LogP contribution in [0.3, 0.4) is 0 Å². The summed E-state index contributed by atoms with van der Waals surface area (Å²) in [7, 11) is -1.96. The second-order valence-electron chi connectivity index (χ2n) is 6.67. The maximum Gasteiger partial charge on any atom is 0.243 e. The average Bonchev–Trinajstić information content (AvgIpc) is 3.20. The third-order valence-corrected chi connectivity index (χ3v) is 7.67. The molecular formula is C20H21N3O5S2. The Kier molecular flexibility index (Phi) is 6.00. The number of benzene rings is 2. The van der Waals surface area contributed by atoms with Crippen LogP contribution in [-0.4, -0.2) is 63.4 Å². The van der Waals surface area contributed by atoms with Crippen molar-refractivity contribution < 1.29 is 22.7 Å². The van der Waals surface area contributed by atoms with Gasteiger partial charge in [-0.05, 0) is 42.5 Å². The van der Waals surface area contributed by atoms with Crippen LogP contribution in [0.5, 0.6) is 5.75 Å². The number of methoxy groups -OCH3 is 1. The van der Waals surface area contributed by atoms with E-state index in [0.717, 1.165) is 16.0 Å². The molecule has 0 unspecified atom stereocenters. The largest absolute Gasteiger partial charge is 0.497 e. The van der Waals surface area contributed by atoms with Gasteiger partial charge < -0.3 is 14.8 Å². The summed E-state index contributed by atoms with van der Waals surface area (Å²) in [6, 6.07) is 11.6. The third kappa shape index (κ3) is 4.31. The van der Waals surface area contributed by atoms with E-state index in [-0.39, 0.29) is 17.2 Å². The van der Waals surface area contributed by atoms with Gasteiger partial charge in [0.15, 0.2) is 10.9 Å². The first-order valence-electron chi connectivity index (χ1n) is 9.37. The summed E-state index contributed by atoms with van der Waals surface area (Å²) in [5.74, 6) is 0.600. The molecule has 3 aromatic rings.